The predicted octanol–water partition coefficient (Wildman–Crippen LogP) is -2.61. The van der Waals surface area contributed by atoms with E-state index in [1.54, 1.807) is 0 Å². The van der Waals surface area contributed by atoms with Crippen molar-refractivity contribution >= 4 is 178 Å². The zero-order chi connectivity index (χ0) is 95.3. The molecule has 9 fully saturated rings. The second-order valence-electron chi connectivity index (χ2n) is 31.4. The van der Waals surface area contributed by atoms with Gasteiger partial charge in [0.1, 0.15) is 0 Å². The van der Waals surface area contributed by atoms with Crippen LogP contribution in [0.5, 0.6) is 0 Å². The third-order valence-corrected chi connectivity index (χ3v) is 22.1. The van der Waals surface area contributed by atoms with Crippen LogP contribution in [0.2, 0.25) is 0 Å². The van der Waals surface area contributed by atoms with E-state index < -0.39 is 475 Å². The van der Waals surface area contributed by atoms with Crippen LogP contribution in [-0.4, -0.2) is 250 Å². The third-order valence-electron chi connectivity index (χ3n) is 22.1. The Morgan fingerprint density at radius 3 is 0.415 bits per heavy atom. The lowest BCUT2D eigenvalue weighted by Crippen LogP contribution is -2.52. The molecule has 0 aromatic carbocycles. The van der Waals surface area contributed by atoms with Gasteiger partial charge in [0.25, 0.3) is 106 Å². The lowest BCUT2D eigenvalue weighted by atomic mass is 9.81. The predicted molar refractivity (Wildman–Crippen MR) is 398 cm³/mol. The number of hydrogen-bond acceptors (Lipinski definition) is 41. The van der Waals surface area contributed by atoms with Gasteiger partial charge in [0.2, 0.25) is 23.3 Å². The second kappa shape index (κ2) is 43.7. The molecule has 9 aliphatic rings. The molecule has 54 nitrogen and oxygen atoms in total. The molecule has 9 saturated heterocycles. The van der Waals surface area contributed by atoms with Gasteiger partial charge in [0.15, 0.2) is 0 Å². The average molecular weight is 1840 g/mol. The van der Waals surface area contributed by atoms with Crippen LogP contribution in [0, 0.1) is 10.1 Å². The molecule has 9 rings (SSSR count). The molecule has 0 spiro atoms. The van der Waals surface area contributed by atoms with Crippen molar-refractivity contribution < 1.29 is 192 Å². The number of nitrogens with zero attached hydrogens (tertiary/aromatic N) is 10. The third kappa shape index (κ3) is 26.7. The van der Waals surface area contributed by atoms with Crippen molar-refractivity contribution in [1.29, 1.82) is 0 Å². The summed E-state index contributed by atoms with van der Waals surface area (Å²) in [6.07, 6.45) is -32.3. The molecule has 3 N–H and O–H groups in total. The van der Waals surface area contributed by atoms with E-state index in [4.69, 9.17) is 43.5 Å². The highest BCUT2D eigenvalue weighted by Crippen LogP contribution is 2.37. The number of amides is 21. The van der Waals surface area contributed by atoms with E-state index >= 15 is 14.4 Å². The molecule has 0 bridgehead atoms. The van der Waals surface area contributed by atoms with Gasteiger partial charge in [-0.1, -0.05) is 0 Å². The maximum atomic E-state index is 15.2. The second-order valence-corrected chi connectivity index (χ2v) is 31.4. The van der Waals surface area contributed by atoms with Crippen molar-refractivity contribution in [3.05, 3.63) is 10.1 Å². The summed E-state index contributed by atoms with van der Waals surface area (Å²) in [4.78, 5) is 456. The number of nitrogens with one attached hydrogen (secondary N) is 3. The summed E-state index contributed by atoms with van der Waals surface area (Å²) in [5.41, 5.74) is -10.0. The lowest BCUT2D eigenvalue weighted by molar-refractivity contribution is -0.573. The van der Waals surface area contributed by atoms with Gasteiger partial charge in [-0.05, 0) is 57.8 Å². The molecule has 21 amide bonds. The Labute approximate surface area is 731 Å². The Kier molecular flexibility index (Phi) is 33.3. The van der Waals surface area contributed by atoms with Crippen molar-refractivity contribution in [3.63, 3.8) is 0 Å². The Bertz CT molecular complexity index is 3810. The van der Waals surface area contributed by atoms with Crippen LogP contribution in [0.4, 0.5) is 0 Å². The zero-order valence-electron chi connectivity index (χ0n) is 69.4. The molecule has 54 heteroatoms. The fourth-order valence-electron chi connectivity index (χ4n) is 14.8. The SMILES string of the molecule is O=C(CCC(CCC(=O)NC(CCC(=O)ON1C(=O)CCC1=O)(CCC(=O)ON1C(=O)CCC1=O)CCC(=O)ON1C(=O)CCC1=O)(CCC(=O)NC(CCC(=O)ON1C(=O)CCC1=O)(CCC(=O)ON1C(=O)CCC1=O)CCC(=O)ON1C(=O)CCC1=O)[N+](=O)[O-])NC(CCC(=O)ON1C(=O)CCC1=O)(CCC(=O)ON1C(=O)CCC1=O)CCC(=O)ON1C(=O)CCC1=O. The first-order valence-electron chi connectivity index (χ1n) is 41.1. The molecule has 0 atom stereocenters. The molecule has 0 saturated carbocycles. The van der Waals surface area contributed by atoms with Crippen LogP contribution in [-0.2, 0) is 187 Å². The number of carbonyl (C=O) groups is 30. The van der Waals surface area contributed by atoms with Gasteiger partial charge in [-0.3, -0.25) is 111 Å². The summed E-state index contributed by atoms with van der Waals surface area (Å²) in [5.74, 6) is -35.1. The minimum atomic E-state index is -3.00. The standard InChI is InChI=1S/C76H87N13O41/c90-43(77-73(31-22-64(111)122-80-46(93)1-2-47(80)94,32-23-65(112)123-81-48(95)3-4-49(81)96)33-24-66(113)124-82-50(97)5-6-51(82)98)19-40-76(89(120)121,41-20-44(91)78-74(34-25-67(114)125-83-52(99)7-8-53(83)100,35-26-68(115)126-84-54(101)9-10-55(84)102)36-27-69(116)127-85-56(103)11-12-57(85)104)42-21-45(92)79-75(37-28-70(117)128-86-58(105)13-14-59(86)106,38-29-71(118)129-87-60(107)15-16-61(87)108)39-30-72(119)130-88-62(109)17-18-63(88)110/h1-42H2,(H,77,90)(H,78,91)(H,79,92). The lowest BCUT2D eigenvalue weighted by Gasteiger charge is -2.36. The number of hydrogen-bond donors (Lipinski definition) is 3. The number of carbonyl (C=O) groups excluding carboxylic acids is 30. The zero-order valence-corrected chi connectivity index (χ0v) is 69.4. The van der Waals surface area contributed by atoms with Crippen molar-refractivity contribution in [2.75, 3.05) is 0 Å². The Balaban J connectivity index is 1.11. The van der Waals surface area contributed by atoms with E-state index in [0.717, 1.165) is 0 Å². The van der Waals surface area contributed by atoms with Gasteiger partial charge in [-0.2, -0.15) is 0 Å². The molecule has 0 aromatic heterocycles. The molecule has 0 unspecified atom stereocenters. The van der Waals surface area contributed by atoms with Crippen LogP contribution in [0.1, 0.15) is 270 Å². The molecule has 0 radical (unpaired) electrons. The fourth-order valence-corrected chi connectivity index (χ4v) is 14.8. The van der Waals surface area contributed by atoms with Crippen LogP contribution < -0.4 is 16.0 Å². The summed E-state index contributed by atoms with van der Waals surface area (Å²) >= 11 is 0. The molecule has 130 heavy (non-hydrogen) atoms. The smallest absolute Gasteiger partial charge is 0.333 e. The summed E-state index contributed by atoms with van der Waals surface area (Å²) in [6, 6.07) is 0. The van der Waals surface area contributed by atoms with Crippen molar-refractivity contribution in [3.8, 4) is 0 Å². The normalized spacial score (nSPS) is 17.5. The van der Waals surface area contributed by atoms with Crippen LogP contribution >= 0.6 is 0 Å². The Morgan fingerprint density at radius 1 is 0.208 bits per heavy atom. The Morgan fingerprint density at radius 2 is 0.315 bits per heavy atom. The first-order chi connectivity index (χ1) is 61.4. The van der Waals surface area contributed by atoms with E-state index in [1.165, 1.54) is 0 Å². The molecule has 0 aromatic rings. The monoisotopic (exact) mass is 1840 g/mol. The molecule has 9 aliphatic heterocycles. The van der Waals surface area contributed by atoms with Crippen LogP contribution in [0.15, 0.2) is 0 Å². The largest absolute Gasteiger partial charge is 0.351 e. The van der Waals surface area contributed by atoms with Crippen molar-refractivity contribution in [2.24, 2.45) is 0 Å². The summed E-state index contributed by atoms with van der Waals surface area (Å²) < 4.78 is 0. The van der Waals surface area contributed by atoms with Crippen LogP contribution in [0.25, 0.3) is 0 Å². The van der Waals surface area contributed by atoms with Crippen molar-refractivity contribution in [1.82, 2.24) is 61.5 Å². The average Bonchev–Trinajstić information content (AvgIpc) is 0.946. The van der Waals surface area contributed by atoms with Gasteiger partial charge in [-0.25, -0.2) is 43.2 Å². The topological polar surface area (TPSA) is 704 Å². The highest BCUT2D eigenvalue weighted by molar-refractivity contribution is 6.07. The van der Waals surface area contributed by atoms with Crippen LogP contribution in [0.3, 0.4) is 0 Å². The van der Waals surface area contributed by atoms with Gasteiger partial charge in [-0.15, -0.1) is 45.6 Å². The van der Waals surface area contributed by atoms with Gasteiger partial charge >= 0.3 is 53.7 Å². The molecular formula is C76H87N13O41. The summed E-state index contributed by atoms with van der Waals surface area (Å²) in [7, 11) is 0. The number of nitro groups is 1. The van der Waals surface area contributed by atoms with E-state index in [0.29, 0.717) is 0 Å². The van der Waals surface area contributed by atoms with E-state index in [9.17, 15) is 140 Å². The highest BCUT2D eigenvalue weighted by Gasteiger charge is 2.49. The minimum Gasteiger partial charge on any atom is -0.351 e. The van der Waals surface area contributed by atoms with Crippen molar-refractivity contribution in [2.45, 2.75) is 292 Å². The number of hydroxylamine groups is 18. The summed E-state index contributed by atoms with van der Waals surface area (Å²) in [5, 5.41) is 22.9. The fraction of sp³-hybridized carbons (Fsp3) is 0.605. The van der Waals surface area contributed by atoms with E-state index in [1.807, 2.05) is 0 Å². The van der Waals surface area contributed by atoms with E-state index in [2.05, 4.69) is 16.0 Å². The molecular weight excluding hydrogens is 1750 g/mol. The molecule has 702 valence electrons. The quantitative estimate of drug-likeness (QED) is 0.0319. The molecule has 0 aliphatic carbocycles. The number of imide groups is 9. The van der Waals surface area contributed by atoms with Gasteiger partial charge < -0.3 is 59.5 Å². The summed E-state index contributed by atoms with van der Waals surface area (Å²) in [6.45, 7) is 0. The maximum absolute atomic E-state index is 15.2. The minimum absolute atomic E-state index is 0.104. The highest BCUT2D eigenvalue weighted by atomic mass is 16.8. The van der Waals surface area contributed by atoms with E-state index in [-0.39, 0.29) is 45.6 Å². The first-order valence-corrected chi connectivity index (χ1v) is 41.1. The Hall–Kier alpha value is -14.7. The van der Waals surface area contributed by atoms with Gasteiger partial charge in [0, 0.05) is 176 Å². The first kappa shape index (κ1) is 99.1. The van der Waals surface area contributed by atoms with Gasteiger partial charge in [0.05, 0.1) is 57.8 Å². The maximum Gasteiger partial charge on any atom is 0.333 e. The molecule has 9 heterocycles. The number of rotatable bonds is 49.